The number of ether oxygens (including phenoxy) is 1. The summed E-state index contributed by atoms with van der Waals surface area (Å²) in [5.41, 5.74) is 0. The Morgan fingerprint density at radius 1 is 1.28 bits per heavy atom. The molecular weight excluding hydrogens is 297 g/mol. The minimum Gasteiger partial charge on any atom is -0.489 e. The normalized spacial score (nSPS) is 19.0. The maximum absolute atomic E-state index is 11.6. The van der Waals surface area contributed by atoms with Gasteiger partial charge in [0.1, 0.15) is 6.61 Å². The number of rotatable bonds is 4. The minimum absolute atomic E-state index is 0.222. The lowest BCUT2D eigenvalue weighted by molar-refractivity contribution is 0.279. The highest BCUT2D eigenvalue weighted by Gasteiger charge is 2.27. The van der Waals surface area contributed by atoms with E-state index in [4.69, 9.17) is 27.9 Å². The number of halogens is 2. The lowest BCUT2D eigenvalue weighted by atomic mass is 10.3. The molecule has 1 aromatic rings. The smallest absolute Gasteiger partial charge is 0.214 e. The number of benzene rings is 1. The molecule has 0 radical (unpaired) electrons. The predicted octanol–water partition coefficient (Wildman–Crippen LogP) is 2.41. The Morgan fingerprint density at radius 3 is 2.50 bits per heavy atom. The molecule has 0 bridgehead atoms. The highest BCUT2D eigenvalue weighted by molar-refractivity contribution is 7.89. The van der Waals surface area contributed by atoms with Crippen molar-refractivity contribution in [3.63, 3.8) is 0 Å². The van der Waals surface area contributed by atoms with Gasteiger partial charge in [-0.3, -0.25) is 0 Å². The van der Waals surface area contributed by atoms with Crippen LogP contribution in [0.1, 0.15) is 6.42 Å². The van der Waals surface area contributed by atoms with E-state index in [1.54, 1.807) is 18.2 Å². The second-order valence-electron chi connectivity index (χ2n) is 3.97. The quantitative estimate of drug-likeness (QED) is 0.858. The fourth-order valence-electron chi connectivity index (χ4n) is 1.81. The van der Waals surface area contributed by atoms with E-state index in [9.17, 15) is 8.42 Å². The first-order chi connectivity index (χ1) is 8.50. The molecule has 1 fully saturated rings. The van der Waals surface area contributed by atoms with E-state index >= 15 is 0 Å². The molecule has 100 valence electrons. The first-order valence-electron chi connectivity index (χ1n) is 5.55. The molecular formula is C11H13Cl2NO3S. The van der Waals surface area contributed by atoms with Crippen molar-refractivity contribution in [1.29, 1.82) is 0 Å². The van der Waals surface area contributed by atoms with E-state index in [-0.39, 0.29) is 12.4 Å². The third kappa shape index (κ3) is 3.09. The number of sulfonamides is 1. The van der Waals surface area contributed by atoms with Crippen LogP contribution < -0.4 is 4.74 Å². The Morgan fingerprint density at radius 2 is 1.94 bits per heavy atom. The van der Waals surface area contributed by atoms with Gasteiger partial charge in [-0.05, 0) is 18.6 Å². The van der Waals surface area contributed by atoms with E-state index in [2.05, 4.69) is 0 Å². The van der Waals surface area contributed by atoms with Crippen molar-refractivity contribution < 1.29 is 13.2 Å². The lowest BCUT2D eigenvalue weighted by Crippen LogP contribution is -2.30. The van der Waals surface area contributed by atoms with Crippen molar-refractivity contribution in [1.82, 2.24) is 4.31 Å². The molecule has 7 heteroatoms. The van der Waals surface area contributed by atoms with Crippen LogP contribution in [0.25, 0.3) is 0 Å². The summed E-state index contributed by atoms with van der Waals surface area (Å²) in [4.78, 5) is 0. The zero-order valence-corrected chi connectivity index (χ0v) is 11.9. The molecule has 1 aliphatic heterocycles. The second-order valence-corrected chi connectivity index (χ2v) is 6.87. The van der Waals surface area contributed by atoms with Crippen molar-refractivity contribution in [2.24, 2.45) is 0 Å². The Kier molecular flexibility index (Phi) is 4.37. The van der Waals surface area contributed by atoms with Crippen LogP contribution in [0.3, 0.4) is 0 Å². The van der Waals surface area contributed by atoms with Gasteiger partial charge in [0.2, 0.25) is 10.0 Å². The zero-order chi connectivity index (χ0) is 13.2. The molecule has 18 heavy (non-hydrogen) atoms. The highest BCUT2D eigenvalue weighted by atomic mass is 35.5. The average molecular weight is 310 g/mol. The molecule has 0 N–H and O–H groups in total. The molecule has 0 aliphatic carbocycles. The third-order valence-corrected chi connectivity index (χ3v) is 5.26. The predicted molar refractivity (Wildman–Crippen MR) is 71.9 cm³/mol. The van der Waals surface area contributed by atoms with Crippen molar-refractivity contribution >= 4 is 33.2 Å². The SMILES string of the molecule is O=S1(=O)CCCN1CCOc1c(Cl)cccc1Cl. The number of hydrogen-bond acceptors (Lipinski definition) is 3. The average Bonchev–Trinajstić information content (AvgIpc) is 2.62. The van der Waals surface area contributed by atoms with E-state index < -0.39 is 10.0 Å². The Hall–Kier alpha value is -0.490. The van der Waals surface area contributed by atoms with Crippen LogP contribution in [0.4, 0.5) is 0 Å². The van der Waals surface area contributed by atoms with Crippen LogP contribution in [0.15, 0.2) is 18.2 Å². The van der Waals surface area contributed by atoms with Gasteiger partial charge in [0.15, 0.2) is 5.75 Å². The number of hydrogen-bond donors (Lipinski definition) is 0. The van der Waals surface area contributed by atoms with Gasteiger partial charge >= 0.3 is 0 Å². The van der Waals surface area contributed by atoms with Gasteiger partial charge in [0.05, 0.1) is 15.8 Å². The van der Waals surface area contributed by atoms with Crippen LogP contribution in [-0.2, 0) is 10.0 Å². The highest BCUT2D eigenvalue weighted by Crippen LogP contribution is 2.32. The molecule has 1 heterocycles. The minimum atomic E-state index is -3.07. The first-order valence-corrected chi connectivity index (χ1v) is 7.92. The summed E-state index contributed by atoms with van der Waals surface area (Å²) in [6.07, 6.45) is 0.676. The van der Waals surface area contributed by atoms with Gasteiger partial charge in [-0.25, -0.2) is 8.42 Å². The Balaban J connectivity index is 1.93. The summed E-state index contributed by atoms with van der Waals surface area (Å²) in [5.74, 6) is 0.622. The van der Waals surface area contributed by atoms with Crippen molar-refractivity contribution in [3.05, 3.63) is 28.2 Å². The molecule has 4 nitrogen and oxygen atoms in total. The van der Waals surface area contributed by atoms with Gasteiger partial charge in [-0.2, -0.15) is 4.31 Å². The zero-order valence-electron chi connectivity index (χ0n) is 9.60. The summed E-state index contributed by atoms with van der Waals surface area (Å²) in [6, 6.07) is 5.08. The topological polar surface area (TPSA) is 46.6 Å². The molecule has 0 amide bonds. The number of nitrogens with zero attached hydrogens (tertiary/aromatic N) is 1. The standard InChI is InChI=1S/C11H13Cl2NO3S/c12-9-3-1-4-10(13)11(9)17-7-6-14-5-2-8-18(14,15)16/h1,3-4H,2,5-8H2. The second kappa shape index (κ2) is 5.65. The monoisotopic (exact) mass is 309 g/mol. The maximum atomic E-state index is 11.6. The third-order valence-electron chi connectivity index (χ3n) is 2.71. The molecule has 0 unspecified atom stereocenters. The summed E-state index contributed by atoms with van der Waals surface area (Å²) in [7, 11) is -3.07. The van der Waals surface area contributed by atoms with Gasteiger partial charge in [0, 0.05) is 13.1 Å². The van der Waals surface area contributed by atoms with Crippen LogP contribution >= 0.6 is 23.2 Å². The maximum Gasteiger partial charge on any atom is 0.214 e. The fourth-order valence-corrected chi connectivity index (χ4v) is 3.83. The molecule has 1 saturated heterocycles. The van der Waals surface area contributed by atoms with E-state index in [1.807, 2.05) is 0 Å². The first kappa shape index (κ1) is 13.9. The van der Waals surface area contributed by atoms with E-state index in [1.165, 1.54) is 4.31 Å². The van der Waals surface area contributed by atoms with Crippen molar-refractivity contribution in [3.8, 4) is 5.75 Å². The van der Waals surface area contributed by atoms with Crippen molar-refractivity contribution in [2.75, 3.05) is 25.4 Å². The summed E-state index contributed by atoms with van der Waals surface area (Å²) >= 11 is 11.9. The molecule has 1 aromatic carbocycles. The molecule has 0 atom stereocenters. The molecule has 0 saturated carbocycles. The van der Waals surface area contributed by atoms with Gasteiger partial charge < -0.3 is 4.74 Å². The van der Waals surface area contributed by atoms with Crippen LogP contribution in [0.2, 0.25) is 10.0 Å². The molecule has 0 spiro atoms. The fraction of sp³-hybridized carbons (Fsp3) is 0.455. The summed E-state index contributed by atoms with van der Waals surface area (Å²) in [6.45, 7) is 1.12. The molecule has 2 rings (SSSR count). The van der Waals surface area contributed by atoms with E-state index in [0.717, 1.165) is 0 Å². The van der Waals surface area contributed by atoms with E-state index in [0.29, 0.717) is 35.3 Å². The number of para-hydroxylation sites is 1. The van der Waals surface area contributed by atoms with Crippen molar-refractivity contribution in [2.45, 2.75) is 6.42 Å². The lowest BCUT2D eigenvalue weighted by Gasteiger charge is -2.15. The van der Waals surface area contributed by atoms with Crippen LogP contribution in [0, 0.1) is 0 Å². The van der Waals surface area contributed by atoms with Gasteiger partial charge in [-0.1, -0.05) is 29.3 Å². The Labute approximate surface area is 116 Å². The largest absolute Gasteiger partial charge is 0.489 e. The molecule has 1 aliphatic rings. The van der Waals surface area contributed by atoms with Gasteiger partial charge in [-0.15, -0.1) is 0 Å². The van der Waals surface area contributed by atoms with Gasteiger partial charge in [0.25, 0.3) is 0 Å². The molecule has 0 aromatic heterocycles. The summed E-state index contributed by atoms with van der Waals surface area (Å²) in [5, 5.41) is 0.846. The van der Waals surface area contributed by atoms with Crippen LogP contribution in [0.5, 0.6) is 5.75 Å². The van der Waals surface area contributed by atoms with Crippen LogP contribution in [-0.4, -0.2) is 38.2 Å². The Bertz CT molecular complexity index is 513. The summed E-state index contributed by atoms with van der Waals surface area (Å²) < 4.78 is 30.0.